The summed E-state index contributed by atoms with van der Waals surface area (Å²) in [5, 5.41) is 0. The smallest absolute Gasteiger partial charge is 0.270 e. The van der Waals surface area contributed by atoms with Crippen molar-refractivity contribution in [2.75, 3.05) is 6.54 Å². The highest BCUT2D eigenvalue weighted by atomic mass is 16.2. The number of piperidine rings is 1. The maximum Gasteiger partial charge on any atom is 0.270 e. The lowest BCUT2D eigenvalue weighted by Crippen LogP contribution is -2.44. The third kappa shape index (κ3) is 2.81. The summed E-state index contributed by atoms with van der Waals surface area (Å²) >= 11 is 0. The molecule has 4 nitrogen and oxygen atoms in total. The molecule has 1 saturated heterocycles. The lowest BCUT2D eigenvalue weighted by molar-refractivity contribution is 0.0594. The fourth-order valence-electron chi connectivity index (χ4n) is 2.63. The van der Waals surface area contributed by atoms with E-state index in [0.717, 1.165) is 32.2 Å². The molecule has 0 aromatic carbocycles. The third-order valence-corrected chi connectivity index (χ3v) is 3.51. The van der Waals surface area contributed by atoms with Crippen molar-refractivity contribution in [1.82, 2.24) is 9.88 Å². The van der Waals surface area contributed by atoms with Crippen molar-refractivity contribution in [3.8, 4) is 0 Å². The number of carbonyl (C=O) groups is 1. The van der Waals surface area contributed by atoms with Crippen molar-refractivity contribution in [1.29, 1.82) is 0 Å². The zero-order valence-corrected chi connectivity index (χ0v) is 10.8. The Morgan fingerprint density at radius 3 is 3.00 bits per heavy atom. The monoisotopic (exact) mass is 248 g/mol. The average Bonchev–Trinajstić information content (AvgIpc) is 2.39. The molecule has 0 spiro atoms. The number of pyridine rings is 1. The zero-order valence-electron chi connectivity index (χ0n) is 10.8. The molecule has 0 aliphatic carbocycles. The molecule has 1 aromatic rings. The van der Waals surface area contributed by atoms with Gasteiger partial charge in [0, 0.05) is 18.7 Å². The van der Waals surface area contributed by atoms with Crippen LogP contribution in [0.3, 0.4) is 0 Å². The topological polar surface area (TPSA) is 53.2 Å². The van der Waals surface area contributed by atoms with Crippen molar-refractivity contribution in [3.63, 3.8) is 0 Å². The van der Waals surface area contributed by atoms with Gasteiger partial charge in [0.2, 0.25) is 5.56 Å². The molecule has 0 saturated carbocycles. The molecule has 1 fully saturated rings. The summed E-state index contributed by atoms with van der Waals surface area (Å²) in [6.07, 6.45) is 5.46. The van der Waals surface area contributed by atoms with E-state index < -0.39 is 0 Å². The van der Waals surface area contributed by atoms with Crippen LogP contribution < -0.4 is 5.56 Å². The Morgan fingerprint density at radius 2 is 2.28 bits per heavy atom. The van der Waals surface area contributed by atoms with Crippen LogP contribution in [0.5, 0.6) is 0 Å². The van der Waals surface area contributed by atoms with Crippen molar-refractivity contribution in [2.45, 2.75) is 45.1 Å². The van der Waals surface area contributed by atoms with Crippen LogP contribution in [0.4, 0.5) is 0 Å². The number of hydrogen-bond donors (Lipinski definition) is 1. The quantitative estimate of drug-likeness (QED) is 0.891. The normalized spacial score (nSPS) is 19.8. The lowest BCUT2D eigenvalue weighted by Gasteiger charge is -2.35. The van der Waals surface area contributed by atoms with E-state index in [1.807, 2.05) is 4.90 Å². The fourth-order valence-corrected chi connectivity index (χ4v) is 2.63. The first-order valence-electron chi connectivity index (χ1n) is 6.72. The molecule has 1 amide bonds. The van der Waals surface area contributed by atoms with Crippen LogP contribution in [-0.2, 0) is 0 Å². The molecule has 1 N–H and O–H groups in total. The Labute approximate surface area is 107 Å². The van der Waals surface area contributed by atoms with E-state index in [0.29, 0.717) is 11.7 Å². The number of amides is 1. The molecule has 2 heterocycles. The van der Waals surface area contributed by atoms with Crippen molar-refractivity contribution in [3.05, 3.63) is 34.2 Å². The second-order valence-electron chi connectivity index (χ2n) is 4.87. The summed E-state index contributed by atoms with van der Waals surface area (Å²) in [4.78, 5) is 28.2. The van der Waals surface area contributed by atoms with Crippen molar-refractivity contribution in [2.24, 2.45) is 0 Å². The van der Waals surface area contributed by atoms with Gasteiger partial charge in [0.15, 0.2) is 0 Å². The Bertz CT molecular complexity index is 465. The van der Waals surface area contributed by atoms with Gasteiger partial charge < -0.3 is 9.88 Å². The molecule has 1 aliphatic heterocycles. The van der Waals surface area contributed by atoms with Gasteiger partial charge in [-0.2, -0.15) is 0 Å². The Hall–Kier alpha value is -1.58. The van der Waals surface area contributed by atoms with Crippen LogP contribution in [0.1, 0.15) is 49.5 Å². The number of aromatic amines is 1. The largest absolute Gasteiger partial charge is 0.334 e. The number of rotatable bonds is 3. The van der Waals surface area contributed by atoms with E-state index in [-0.39, 0.29) is 11.5 Å². The standard InChI is InChI=1S/C14H20N2O2/c1-2-6-11-7-3-4-10-16(11)14(18)12-8-5-9-13(17)15-12/h5,8-9,11H,2-4,6-7,10H2,1H3,(H,15,17). The van der Waals surface area contributed by atoms with Gasteiger partial charge in [0.05, 0.1) is 0 Å². The lowest BCUT2D eigenvalue weighted by atomic mass is 9.98. The minimum Gasteiger partial charge on any atom is -0.334 e. The molecular formula is C14H20N2O2. The van der Waals surface area contributed by atoms with Crippen molar-refractivity contribution >= 4 is 5.91 Å². The molecule has 1 unspecified atom stereocenters. The highest BCUT2D eigenvalue weighted by Gasteiger charge is 2.26. The Morgan fingerprint density at radius 1 is 1.44 bits per heavy atom. The average molecular weight is 248 g/mol. The molecule has 2 rings (SSSR count). The first-order valence-corrected chi connectivity index (χ1v) is 6.72. The van der Waals surface area contributed by atoms with Crippen LogP contribution in [0.15, 0.2) is 23.0 Å². The van der Waals surface area contributed by atoms with Gasteiger partial charge in [-0.1, -0.05) is 19.4 Å². The molecule has 18 heavy (non-hydrogen) atoms. The second-order valence-corrected chi connectivity index (χ2v) is 4.87. The van der Waals surface area contributed by atoms with Gasteiger partial charge in [-0.25, -0.2) is 0 Å². The first kappa shape index (κ1) is 12.9. The SMILES string of the molecule is CCCC1CCCCN1C(=O)c1cccc(=O)[nH]1. The molecule has 1 aliphatic rings. The van der Waals surface area contributed by atoms with E-state index in [2.05, 4.69) is 11.9 Å². The summed E-state index contributed by atoms with van der Waals surface area (Å²) in [5.41, 5.74) is 0.190. The second kappa shape index (κ2) is 5.85. The number of hydrogen-bond acceptors (Lipinski definition) is 2. The highest BCUT2D eigenvalue weighted by Crippen LogP contribution is 2.22. The first-order chi connectivity index (χ1) is 8.72. The van der Waals surface area contributed by atoms with Gasteiger partial charge in [-0.05, 0) is 31.7 Å². The summed E-state index contributed by atoms with van der Waals surface area (Å²) in [6, 6.07) is 5.07. The minimum absolute atomic E-state index is 0.0362. The molecule has 1 atom stereocenters. The predicted octanol–water partition coefficient (Wildman–Crippen LogP) is 2.17. The molecule has 98 valence electrons. The van der Waals surface area contributed by atoms with Gasteiger partial charge in [0.1, 0.15) is 5.69 Å². The predicted molar refractivity (Wildman–Crippen MR) is 70.6 cm³/mol. The van der Waals surface area contributed by atoms with Gasteiger partial charge >= 0.3 is 0 Å². The summed E-state index contributed by atoms with van der Waals surface area (Å²) in [7, 11) is 0. The third-order valence-electron chi connectivity index (χ3n) is 3.51. The van der Waals surface area contributed by atoms with Gasteiger partial charge in [-0.15, -0.1) is 0 Å². The van der Waals surface area contributed by atoms with Gasteiger partial charge in [0.25, 0.3) is 5.91 Å². The zero-order chi connectivity index (χ0) is 13.0. The molecular weight excluding hydrogens is 228 g/mol. The summed E-state index contributed by atoms with van der Waals surface area (Å²) < 4.78 is 0. The Kier molecular flexibility index (Phi) is 4.18. The minimum atomic E-state index is -0.218. The van der Waals surface area contributed by atoms with Crippen LogP contribution in [0.2, 0.25) is 0 Å². The number of nitrogens with zero attached hydrogens (tertiary/aromatic N) is 1. The van der Waals surface area contributed by atoms with E-state index in [1.165, 1.54) is 12.5 Å². The molecule has 0 bridgehead atoms. The van der Waals surface area contributed by atoms with E-state index in [4.69, 9.17) is 0 Å². The van der Waals surface area contributed by atoms with Gasteiger partial charge in [-0.3, -0.25) is 9.59 Å². The van der Waals surface area contributed by atoms with Crippen LogP contribution >= 0.6 is 0 Å². The number of H-pyrrole nitrogens is 1. The maximum atomic E-state index is 12.4. The molecule has 1 aromatic heterocycles. The number of carbonyl (C=O) groups excluding carboxylic acids is 1. The summed E-state index contributed by atoms with van der Waals surface area (Å²) in [5.74, 6) is -0.0362. The maximum absolute atomic E-state index is 12.4. The van der Waals surface area contributed by atoms with Crippen molar-refractivity contribution < 1.29 is 4.79 Å². The number of aromatic nitrogens is 1. The van der Waals surface area contributed by atoms with E-state index in [1.54, 1.807) is 12.1 Å². The number of nitrogens with one attached hydrogen (secondary N) is 1. The van der Waals surface area contributed by atoms with E-state index in [9.17, 15) is 9.59 Å². The molecule has 0 radical (unpaired) electrons. The van der Waals surface area contributed by atoms with Crippen LogP contribution in [0.25, 0.3) is 0 Å². The summed E-state index contributed by atoms with van der Waals surface area (Å²) in [6.45, 7) is 2.95. The van der Waals surface area contributed by atoms with Crippen LogP contribution in [0, 0.1) is 0 Å². The Balaban J connectivity index is 2.18. The van der Waals surface area contributed by atoms with E-state index >= 15 is 0 Å². The fraction of sp³-hybridized carbons (Fsp3) is 0.571. The number of likely N-dealkylation sites (tertiary alicyclic amines) is 1. The molecule has 4 heteroatoms. The van der Waals surface area contributed by atoms with Crippen LogP contribution in [-0.4, -0.2) is 28.4 Å². The highest BCUT2D eigenvalue weighted by molar-refractivity contribution is 5.92.